The first kappa shape index (κ1) is 19.8. The van der Waals surface area contributed by atoms with Gasteiger partial charge in [-0.05, 0) is 45.2 Å². The van der Waals surface area contributed by atoms with Crippen molar-refractivity contribution in [1.82, 2.24) is 10.0 Å². The van der Waals surface area contributed by atoms with Gasteiger partial charge in [0.1, 0.15) is 11.9 Å². The Kier molecular flexibility index (Phi) is 6.16. The minimum Gasteiger partial charge on any atom is -0.354 e. The van der Waals surface area contributed by atoms with Gasteiger partial charge in [-0.3, -0.25) is 14.5 Å². The maximum atomic E-state index is 12.3. The summed E-state index contributed by atoms with van der Waals surface area (Å²) < 4.78 is 26.7. The second-order valence-electron chi connectivity index (χ2n) is 7.45. The number of hydrogen-bond acceptors (Lipinski definition) is 4. The molecule has 0 aromatic heterocycles. The minimum atomic E-state index is -3.58. The highest BCUT2D eigenvalue weighted by Gasteiger charge is 2.31. The molecule has 2 aliphatic heterocycles. The first-order valence-corrected chi connectivity index (χ1v) is 11.2. The average Bonchev–Trinajstić information content (AvgIpc) is 2.90. The van der Waals surface area contributed by atoms with Crippen LogP contribution in [0.3, 0.4) is 0 Å². The lowest BCUT2D eigenvalue weighted by Crippen LogP contribution is -3.16. The third-order valence-electron chi connectivity index (χ3n) is 5.42. The second kappa shape index (κ2) is 8.39. The molecule has 2 heterocycles. The molecule has 0 bridgehead atoms. The summed E-state index contributed by atoms with van der Waals surface area (Å²) in [6, 6.07) is 6.70. The Morgan fingerprint density at radius 1 is 1.37 bits per heavy atom. The number of amidine groups is 1. The summed E-state index contributed by atoms with van der Waals surface area (Å²) >= 11 is 0. The molecule has 3 rings (SSSR count). The van der Waals surface area contributed by atoms with Crippen molar-refractivity contribution in [3.8, 4) is 0 Å². The van der Waals surface area contributed by atoms with E-state index < -0.39 is 16.1 Å². The van der Waals surface area contributed by atoms with E-state index >= 15 is 0 Å². The summed E-state index contributed by atoms with van der Waals surface area (Å²) in [6.45, 7) is 6.88. The van der Waals surface area contributed by atoms with Crippen molar-refractivity contribution in [3.63, 3.8) is 0 Å². The van der Waals surface area contributed by atoms with Crippen LogP contribution in [0.15, 0.2) is 34.2 Å². The number of rotatable bonds is 6. The van der Waals surface area contributed by atoms with Crippen LogP contribution in [0, 0.1) is 0 Å². The van der Waals surface area contributed by atoms with Gasteiger partial charge in [0, 0.05) is 18.5 Å². The number of benzene rings is 1. The molecule has 1 unspecified atom stereocenters. The van der Waals surface area contributed by atoms with Crippen LogP contribution in [0.2, 0.25) is 0 Å². The van der Waals surface area contributed by atoms with Gasteiger partial charge in [0.25, 0.3) is 10.0 Å². The van der Waals surface area contributed by atoms with Gasteiger partial charge < -0.3 is 10.2 Å². The predicted molar refractivity (Wildman–Crippen MR) is 104 cm³/mol. The van der Waals surface area contributed by atoms with Crippen molar-refractivity contribution in [2.45, 2.75) is 56.5 Å². The Bertz CT molecular complexity index is 822. The number of hydrogen-bond donors (Lipinski definition) is 3. The van der Waals surface area contributed by atoms with Crippen LogP contribution in [0.25, 0.3) is 0 Å². The van der Waals surface area contributed by atoms with Crippen molar-refractivity contribution in [1.29, 1.82) is 0 Å². The molecule has 0 radical (unpaired) electrons. The van der Waals surface area contributed by atoms with Crippen molar-refractivity contribution in [3.05, 3.63) is 29.8 Å². The van der Waals surface area contributed by atoms with E-state index in [0.29, 0.717) is 18.2 Å². The first-order valence-electron chi connectivity index (χ1n) is 9.71. The molecule has 3 atom stereocenters. The number of nitrogens with one attached hydrogen (secondary N) is 3. The molecule has 0 saturated carbocycles. The highest BCUT2D eigenvalue weighted by Crippen LogP contribution is 2.22. The van der Waals surface area contributed by atoms with Crippen molar-refractivity contribution in [2.24, 2.45) is 4.99 Å². The van der Waals surface area contributed by atoms with Crippen LogP contribution < -0.4 is 14.9 Å². The van der Waals surface area contributed by atoms with Crippen LogP contribution in [0.1, 0.15) is 45.1 Å². The maximum Gasteiger partial charge on any atom is 0.263 e. The average molecular weight is 394 g/mol. The monoisotopic (exact) mass is 393 g/mol. The van der Waals surface area contributed by atoms with E-state index in [1.54, 1.807) is 30.0 Å². The van der Waals surface area contributed by atoms with Gasteiger partial charge in [-0.1, -0.05) is 12.1 Å². The summed E-state index contributed by atoms with van der Waals surface area (Å²) in [6.07, 6.45) is 4.84. The van der Waals surface area contributed by atoms with E-state index in [-0.39, 0.29) is 16.6 Å². The SMILES string of the molecule is C[C@H](N=C1NS(=O)(=O)c2ccccc21)C(=O)NCCC[NH+]1CCCC[C@@H]1C. The van der Waals surface area contributed by atoms with Gasteiger partial charge in [0.2, 0.25) is 5.91 Å². The molecule has 1 saturated heterocycles. The second-order valence-corrected chi connectivity index (χ2v) is 9.11. The van der Waals surface area contributed by atoms with Crippen molar-refractivity contribution < 1.29 is 18.1 Å². The summed E-state index contributed by atoms with van der Waals surface area (Å²) in [5.74, 6) is 0.0487. The Morgan fingerprint density at radius 2 is 2.15 bits per heavy atom. The molecule has 27 heavy (non-hydrogen) atoms. The number of sulfonamides is 1. The number of fused-ring (bicyclic) bond motifs is 1. The van der Waals surface area contributed by atoms with E-state index in [0.717, 1.165) is 13.0 Å². The zero-order valence-electron chi connectivity index (χ0n) is 16.0. The van der Waals surface area contributed by atoms with Crippen LogP contribution >= 0.6 is 0 Å². The fourth-order valence-corrected chi connectivity index (χ4v) is 5.02. The number of quaternary nitrogens is 1. The number of nitrogens with zero attached hydrogens (tertiary/aromatic N) is 1. The Morgan fingerprint density at radius 3 is 2.93 bits per heavy atom. The van der Waals surface area contributed by atoms with Gasteiger partial charge in [0.05, 0.1) is 24.0 Å². The van der Waals surface area contributed by atoms with E-state index in [2.05, 4.69) is 22.0 Å². The van der Waals surface area contributed by atoms with Gasteiger partial charge in [-0.2, -0.15) is 0 Å². The van der Waals surface area contributed by atoms with Crippen LogP contribution in [0.4, 0.5) is 0 Å². The molecule has 1 fully saturated rings. The topological polar surface area (TPSA) is 92.1 Å². The zero-order chi connectivity index (χ0) is 19.4. The summed E-state index contributed by atoms with van der Waals surface area (Å²) in [5.41, 5.74) is 0.514. The first-order chi connectivity index (χ1) is 12.9. The molecule has 1 aromatic rings. The lowest BCUT2D eigenvalue weighted by atomic mass is 10.0. The Hall–Kier alpha value is -1.93. The normalized spacial score (nSPS) is 26.2. The highest BCUT2D eigenvalue weighted by molar-refractivity contribution is 7.90. The summed E-state index contributed by atoms with van der Waals surface area (Å²) in [4.78, 5) is 18.4. The quantitative estimate of drug-likeness (QED) is 0.598. The third kappa shape index (κ3) is 4.68. The number of aliphatic imine (C=N–C) groups is 1. The van der Waals surface area contributed by atoms with E-state index in [1.165, 1.54) is 31.9 Å². The summed E-state index contributed by atoms with van der Waals surface area (Å²) in [5, 5.41) is 2.92. The molecule has 7 nitrogen and oxygen atoms in total. The predicted octanol–water partition coefficient (Wildman–Crippen LogP) is 0.0772. The Balaban J connectivity index is 1.52. The smallest absolute Gasteiger partial charge is 0.263 e. The molecule has 1 aromatic carbocycles. The minimum absolute atomic E-state index is 0.187. The Labute approximate surface area is 161 Å². The number of likely N-dealkylation sites (tertiary alicyclic amines) is 1. The van der Waals surface area contributed by atoms with E-state index in [4.69, 9.17) is 0 Å². The van der Waals surface area contributed by atoms with Gasteiger partial charge in [-0.15, -0.1) is 0 Å². The van der Waals surface area contributed by atoms with E-state index in [1.807, 2.05) is 0 Å². The lowest BCUT2D eigenvalue weighted by molar-refractivity contribution is -0.928. The standard InChI is InChI=1S/C19H28N4O3S/c1-14-8-5-6-12-23(14)13-7-11-20-19(24)15(2)21-18-16-9-3-4-10-17(16)27(25,26)22-18/h3-4,9-10,14-15H,5-8,11-13H2,1-2H3,(H,20,24)(H,21,22)/p+1/t14-,15-/m0/s1. The van der Waals surface area contributed by atoms with Crippen LogP contribution in [0.5, 0.6) is 0 Å². The fourth-order valence-electron chi connectivity index (χ4n) is 3.78. The number of piperidine rings is 1. The molecule has 1 amide bonds. The molecular formula is C19H29N4O3S+. The number of amides is 1. The largest absolute Gasteiger partial charge is 0.354 e. The molecule has 8 heteroatoms. The zero-order valence-corrected chi connectivity index (χ0v) is 16.8. The molecule has 3 N–H and O–H groups in total. The molecular weight excluding hydrogens is 364 g/mol. The lowest BCUT2D eigenvalue weighted by Gasteiger charge is -2.30. The van der Waals surface area contributed by atoms with Crippen LogP contribution in [-0.2, 0) is 14.8 Å². The molecule has 148 valence electrons. The fraction of sp³-hybridized carbons (Fsp3) is 0.579. The van der Waals surface area contributed by atoms with Gasteiger partial charge >= 0.3 is 0 Å². The molecule has 2 aliphatic rings. The number of carbonyl (C=O) groups is 1. The van der Waals surface area contributed by atoms with Crippen molar-refractivity contribution >= 4 is 21.8 Å². The van der Waals surface area contributed by atoms with Gasteiger partial charge in [0.15, 0.2) is 0 Å². The maximum absolute atomic E-state index is 12.3. The van der Waals surface area contributed by atoms with Crippen LogP contribution in [-0.4, -0.2) is 51.9 Å². The van der Waals surface area contributed by atoms with Crippen molar-refractivity contribution in [2.75, 3.05) is 19.6 Å². The highest BCUT2D eigenvalue weighted by atomic mass is 32.2. The van der Waals surface area contributed by atoms with Gasteiger partial charge in [-0.25, -0.2) is 8.42 Å². The number of carbonyl (C=O) groups excluding carboxylic acids is 1. The third-order valence-corrected chi connectivity index (χ3v) is 6.82. The van der Waals surface area contributed by atoms with E-state index in [9.17, 15) is 13.2 Å². The molecule has 0 aliphatic carbocycles. The molecule has 0 spiro atoms. The summed E-state index contributed by atoms with van der Waals surface area (Å²) in [7, 11) is -3.58.